The van der Waals surface area contributed by atoms with Gasteiger partial charge in [0, 0.05) is 30.4 Å². The number of carboxylic acids is 1. The third-order valence-corrected chi connectivity index (χ3v) is 6.90. The highest BCUT2D eigenvalue weighted by molar-refractivity contribution is 7.93. The number of fused-ring (bicyclic) bond motifs is 1. The van der Waals surface area contributed by atoms with Gasteiger partial charge in [-0.15, -0.1) is 0 Å². The Morgan fingerprint density at radius 1 is 0.949 bits per heavy atom. The largest absolute Gasteiger partial charge is 0.490 e. The van der Waals surface area contributed by atoms with E-state index in [0.29, 0.717) is 17.7 Å². The van der Waals surface area contributed by atoms with Crippen molar-refractivity contribution in [3.05, 3.63) is 90.6 Å². The van der Waals surface area contributed by atoms with Crippen molar-refractivity contribution in [2.45, 2.75) is 17.6 Å². The van der Waals surface area contributed by atoms with Gasteiger partial charge in [-0.05, 0) is 48.0 Å². The average Bonchev–Trinajstić information content (AvgIpc) is 2.89. The number of aliphatic carboxylic acids is 1. The minimum atomic E-state index is -5.08. The molecule has 8 nitrogen and oxygen atoms in total. The Kier molecular flexibility index (Phi) is 9.62. The van der Waals surface area contributed by atoms with E-state index in [2.05, 4.69) is 26.7 Å². The number of rotatable bonds is 8. The number of aliphatic hydroxyl groups is 1. The van der Waals surface area contributed by atoms with Crippen molar-refractivity contribution in [3.8, 4) is 11.1 Å². The van der Waals surface area contributed by atoms with Gasteiger partial charge in [-0.1, -0.05) is 54.6 Å². The lowest BCUT2D eigenvalue weighted by Crippen LogP contribution is -2.21. The summed E-state index contributed by atoms with van der Waals surface area (Å²) in [5.74, 6) is -2.76. The second-order valence-electron chi connectivity index (χ2n) is 8.48. The van der Waals surface area contributed by atoms with Crippen LogP contribution in [-0.4, -0.2) is 60.9 Å². The first-order chi connectivity index (χ1) is 18.4. The summed E-state index contributed by atoms with van der Waals surface area (Å²) in [6.07, 6.45) is -3.49. The van der Waals surface area contributed by atoms with Gasteiger partial charge in [-0.25, -0.2) is 13.2 Å². The second-order valence-corrected chi connectivity index (χ2v) is 10.1. The number of pyridine rings is 1. The first-order valence-electron chi connectivity index (χ1n) is 11.6. The summed E-state index contributed by atoms with van der Waals surface area (Å²) < 4.78 is 60.3. The van der Waals surface area contributed by atoms with Crippen LogP contribution in [0.15, 0.2) is 90.0 Å². The molecule has 0 fully saturated rings. The molecule has 3 aromatic carbocycles. The number of anilines is 1. The number of likely N-dealkylation sites (N-methyl/N-ethyl adjacent to an activating group) is 1. The lowest BCUT2D eigenvalue weighted by atomic mass is 10.0. The van der Waals surface area contributed by atoms with Crippen molar-refractivity contribution >= 4 is 32.6 Å². The van der Waals surface area contributed by atoms with Crippen LogP contribution in [0.4, 0.5) is 18.9 Å². The zero-order valence-electron chi connectivity index (χ0n) is 20.8. The van der Waals surface area contributed by atoms with Crippen molar-refractivity contribution in [2.24, 2.45) is 0 Å². The number of hydrogen-bond acceptors (Lipinski definition) is 6. The molecule has 0 radical (unpaired) electrons. The first kappa shape index (κ1) is 29.6. The summed E-state index contributed by atoms with van der Waals surface area (Å²) in [6.45, 7) is 1.54. The van der Waals surface area contributed by atoms with Gasteiger partial charge in [0.25, 0.3) is 10.0 Å². The number of hydrogen-bond donors (Lipinski definition) is 3. The van der Waals surface area contributed by atoms with Gasteiger partial charge in [0.05, 0.1) is 12.1 Å². The normalized spacial score (nSPS) is 11.6. The molecule has 0 aliphatic heterocycles. The summed E-state index contributed by atoms with van der Waals surface area (Å²) >= 11 is 0. The molecule has 0 bridgehead atoms. The first-order valence-corrected chi connectivity index (χ1v) is 13.0. The van der Waals surface area contributed by atoms with Crippen LogP contribution in [0.25, 0.3) is 22.0 Å². The number of para-hydroxylation sites is 1. The number of benzene rings is 3. The summed E-state index contributed by atoms with van der Waals surface area (Å²) in [7, 11) is -1.80. The highest BCUT2D eigenvalue weighted by Gasteiger charge is 2.38. The van der Waals surface area contributed by atoms with Gasteiger partial charge in [-0.3, -0.25) is 14.6 Å². The second kappa shape index (κ2) is 12.7. The number of alkyl halides is 3. The highest BCUT2D eigenvalue weighted by atomic mass is 32.2. The monoisotopic (exact) mass is 561 g/mol. The SMILES string of the molecule is CN(CCO)Cc1ccc(-c2ccc(NS(=O)(=O)c3cccc4cccnc34)cc2)cc1.O=C(O)C(F)(F)F. The molecule has 1 heterocycles. The predicted octanol–water partition coefficient (Wildman–Crippen LogP) is 4.76. The molecule has 206 valence electrons. The maximum absolute atomic E-state index is 13.0. The van der Waals surface area contributed by atoms with Gasteiger partial charge in [0.1, 0.15) is 4.90 Å². The Morgan fingerprint density at radius 2 is 1.51 bits per heavy atom. The van der Waals surface area contributed by atoms with Gasteiger partial charge in [0.15, 0.2) is 0 Å². The Bertz CT molecular complexity index is 1510. The highest BCUT2D eigenvalue weighted by Crippen LogP contribution is 2.26. The fraction of sp³-hybridized carbons (Fsp3) is 0.185. The molecule has 4 aromatic rings. The maximum atomic E-state index is 13.0. The van der Waals surface area contributed by atoms with Gasteiger partial charge >= 0.3 is 12.1 Å². The van der Waals surface area contributed by atoms with Crippen LogP contribution in [-0.2, 0) is 21.4 Å². The fourth-order valence-electron chi connectivity index (χ4n) is 3.60. The molecular formula is C27H26F3N3O5S. The maximum Gasteiger partial charge on any atom is 0.490 e. The number of aliphatic hydroxyl groups excluding tert-OH is 1. The zero-order chi connectivity index (χ0) is 28.6. The molecule has 0 atom stereocenters. The standard InChI is InChI=1S/C25H25N3O3S.C2HF3O2/c1-28(16-17-29)18-19-7-9-20(10-8-19)21-11-13-23(14-12-21)27-32(30,31)24-6-2-4-22-5-3-15-26-25(22)24;3-2(4,5)1(6)7/h2-15,27,29H,16-18H2,1H3;(H,6,7). The van der Waals surface area contributed by atoms with E-state index in [-0.39, 0.29) is 11.5 Å². The number of carboxylic acid groups (broad SMARTS) is 1. The number of carbonyl (C=O) groups is 1. The van der Waals surface area contributed by atoms with Gasteiger partial charge in [-0.2, -0.15) is 13.2 Å². The van der Waals surface area contributed by atoms with Crippen LogP contribution in [0.2, 0.25) is 0 Å². The van der Waals surface area contributed by atoms with E-state index in [9.17, 15) is 21.6 Å². The lowest BCUT2D eigenvalue weighted by molar-refractivity contribution is -0.192. The smallest absolute Gasteiger partial charge is 0.475 e. The van der Waals surface area contributed by atoms with Crippen LogP contribution in [0.1, 0.15) is 5.56 Å². The number of nitrogens with zero attached hydrogens (tertiary/aromatic N) is 2. The molecule has 4 rings (SSSR count). The molecule has 39 heavy (non-hydrogen) atoms. The molecule has 0 spiro atoms. The minimum Gasteiger partial charge on any atom is -0.475 e. The van der Waals surface area contributed by atoms with E-state index >= 15 is 0 Å². The zero-order valence-corrected chi connectivity index (χ0v) is 21.6. The van der Waals surface area contributed by atoms with Crippen molar-refractivity contribution in [3.63, 3.8) is 0 Å². The Balaban J connectivity index is 0.000000532. The van der Waals surface area contributed by atoms with Crippen molar-refractivity contribution in [1.29, 1.82) is 0 Å². The molecule has 0 aliphatic rings. The van der Waals surface area contributed by atoms with Crippen molar-refractivity contribution < 1.29 is 36.6 Å². The van der Waals surface area contributed by atoms with Crippen LogP contribution in [0.5, 0.6) is 0 Å². The van der Waals surface area contributed by atoms with Crippen molar-refractivity contribution in [1.82, 2.24) is 9.88 Å². The fourth-order valence-corrected chi connectivity index (χ4v) is 4.84. The van der Waals surface area contributed by atoms with E-state index in [0.717, 1.165) is 28.6 Å². The number of halogens is 3. The van der Waals surface area contributed by atoms with Crippen LogP contribution in [0, 0.1) is 0 Å². The molecule has 3 N–H and O–H groups in total. The molecule has 12 heteroatoms. The quantitative estimate of drug-likeness (QED) is 0.284. The summed E-state index contributed by atoms with van der Waals surface area (Å²) in [5.41, 5.74) is 4.15. The van der Waals surface area contributed by atoms with Gasteiger partial charge < -0.3 is 10.2 Å². The topological polar surface area (TPSA) is 120 Å². The molecule has 0 amide bonds. The summed E-state index contributed by atoms with van der Waals surface area (Å²) in [5, 5.41) is 16.9. The van der Waals surface area contributed by atoms with E-state index in [4.69, 9.17) is 15.0 Å². The lowest BCUT2D eigenvalue weighted by Gasteiger charge is -2.15. The Hall–Kier alpha value is -4.00. The Morgan fingerprint density at radius 3 is 2.08 bits per heavy atom. The minimum absolute atomic E-state index is 0.141. The van der Waals surface area contributed by atoms with E-state index in [1.165, 1.54) is 0 Å². The van der Waals surface area contributed by atoms with E-state index < -0.39 is 22.2 Å². The van der Waals surface area contributed by atoms with E-state index in [1.807, 2.05) is 43.4 Å². The molecule has 0 unspecified atom stereocenters. The van der Waals surface area contributed by atoms with Gasteiger partial charge in [0.2, 0.25) is 0 Å². The number of sulfonamides is 1. The van der Waals surface area contributed by atoms with Crippen molar-refractivity contribution in [2.75, 3.05) is 24.9 Å². The third kappa shape index (κ3) is 8.24. The van der Waals surface area contributed by atoms with Crippen LogP contribution >= 0.6 is 0 Å². The summed E-state index contributed by atoms with van der Waals surface area (Å²) in [6, 6.07) is 24.3. The molecular weight excluding hydrogens is 535 g/mol. The predicted molar refractivity (Wildman–Crippen MR) is 142 cm³/mol. The van der Waals surface area contributed by atoms with E-state index in [1.54, 1.807) is 36.5 Å². The van der Waals surface area contributed by atoms with Crippen LogP contribution in [0.3, 0.4) is 0 Å². The summed E-state index contributed by atoms with van der Waals surface area (Å²) in [4.78, 5) is 15.4. The number of nitrogens with one attached hydrogen (secondary N) is 1. The molecule has 0 saturated heterocycles. The molecule has 1 aromatic heterocycles. The number of aromatic nitrogens is 1. The average molecular weight is 562 g/mol. The third-order valence-electron chi connectivity index (χ3n) is 5.49. The molecule has 0 aliphatic carbocycles. The van der Waals surface area contributed by atoms with Crippen LogP contribution < -0.4 is 4.72 Å². The molecule has 0 saturated carbocycles. The Labute approximate surface area is 223 Å².